The normalized spacial score (nSPS) is 6.29. The number of aliphatic carboxylic acids is 2. The maximum Gasteiger partial charge on any atom is 0.414 e. The van der Waals surface area contributed by atoms with E-state index in [0.29, 0.717) is 0 Å². The molecule has 322 valence electrons. The number of rotatable bonds is 0. The third-order valence-electron chi connectivity index (χ3n) is 3.40. The second-order valence-corrected chi connectivity index (χ2v) is 7.00. The first-order chi connectivity index (χ1) is 26.8. The summed E-state index contributed by atoms with van der Waals surface area (Å²) in [5.41, 5.74) is 0. The van der Waals surface area contributed by atoms with Gasteiger partial charge in [-0.2, -0.15) is 0 Å². The molecule has 7 nitrogen and oxygen atoms in total. The van der Waals surface area contributed by atoms with Crippen LogP contribution in [0, 0.1) is 250 Å². The second kappa shape index (κ2) is 39.0. The summed E-state index contributed by atoms with van der Waals surface area (Å²) in [5.74, 6) is 93.7. The Hall–Kier alpha value is -11.2. The number of carboxylic acids is 2. The Bertz CT molecular complexity index is 2850. The number of cyclic esters (lactones) is 2. The van der Waals surface area contributed by atoms with Gasteiger partial charge in [0.25, 0.3) is 0 Å². The average molecular weight is 777 g/mol. The lowest BCUT2D eigenvalue weighted by Gasteiger charge is -1.79. The lowest BCUT2D eigenvalue weighted by molar-refractivity contribution is -0.159. The average Bonchev–Trinajstić information content (AvgIpc) is 3.56. The van der Waals surface area contributed by atoms with Crippen LogP contribution in [0.4, 0.5) is 0 Å². The molecule has 2 N–H and O–H groups in total. The first-order valence-corrected chi connectivity index (χ1v) is 13.5. The number of esters is 2. The zero-order chi connectivity index (χ0) is 40.7. The molecule has 1 aliphatic rings. The van der Waals surface area contributed by atoms with Crippen LogP contribution in [0.3, 0.4) is 0 Å². The Morgan fingerprint density at radius 3 is 0.545 bits per heavy atom. The number of carboxylic acid groups (broad SMARTS) is 2. The van der Waals surface area contributed by atoms with Crippen molar-refractivity contribution < 1.29 is 91.2 Å². The topological polar surface area (TPSA) is 118 Å². The molecule has 0 spiro atoms. The van der Waals surface area contributed by atoms with Crippen LogP contribution in [0.5, 0.6) is 0 Å². The Labute approximate surface area is 379 Å². The van der Waals surface area contributed by atoms with Gasteiger partial charge in [-0.15, -0.1) is 12.8 Å². The van der Waals surface area contributed by atoms with E-state index in [1.807, 2.05) is 0 Å². The summed E-state index contributed by atoms with van der Waals surface area (Å²) in [4.78, 5) is 38.2. The molecule has 0 aromatic heterocycles. The van der Waals surface area contributed by atoms with Crippen molar-refractivity contribution in [2.45, 2.75) is 12.8 Å². The number of carbonyl (C=O) groups is 4. The summed E-state index contributed by atoms with van der Waals surface area (Å²) < 4.78 is 4.08. The summed E-state index contributed by atoms with van der Waals surface area (Å²) in [6, 6.07) is 0. The van der Waals surface area contributed by atoms with Gasteiger partial charge < -0.3 is 14.9 Å². The molecule has 0 aromatic carbocycles. The smallest absolute Gasteiger partial charge is 0.414 e. The first kappa shape index (κ1) is 46.0. The van der Waals surface area contributed by atoms with Gasteiger partial charge in [0.05, 0.1) is 12.8 Å². The minimum atomic E-state index is -1.82. The van der Waals surface area contributed by atoms with Gasteiger partial charge in [-0.3, -0.25) is 9.59 Å². The number of hydrogen-bond donors (Lipinski definition) is 2. The molecule has 1 saturated heterocycles. The van der Waals surface area contributed by atoms with Gasteiger partial charge in [-0.05, 0) is 94.7 Å². The Balaban J connectivity index is -0.0000000120. The number of ether oxygens (including phenoxy) is 1. The van der Waals surface area contributed by atoms with E-state index >= 15 is 0 Å². The van der Waals surface area contributed by atoms with Crippen LogP contribution in [-0.4, -0.2) is 34.1 Å². The molecule has 0 atom stereocenters. The van der Waals surface area contributed by atoms with Gasteiger partial charge in [0.1, 0.15) is 0 Å². The number of terminal acetylenes is 2. The molecule has 7 heteroatoms. The van der Waals surface area contributed by atoms with Crippen LogP contribution < -0.4 is 0 Å². The third-order valence-corrected chi connectivity index (χ3v) is 3.40. The Kier molecular flexibility index (Phi) is 32.6. The van der Waals surface area contributed by atoms with Crippen molar-refractivity contribution in [1.29, 1.82) is 0 Å². The molecular formula is C48H88O7. The summed E-state index contributed by atoms with van der Waals surface area (Å²) in [6.45, 7) is 0. The van der Waals surface area contributed by atoms with E-state index in [-0.39, 0.29) is 69.9 Å². The SMILES string of the molecule is C#CC#CC#CC#CC#CC#CC#CC#CC#CC#CC#CC#CC#CC#CC#CC#CC#CC#CC#CC#CC#C.O=C(O)C(=O)O.O=C1CCC(=O)O1.[HH].[HH].[HH].[HH].[HH].[HH].[HH].[HH].[HH].[HH].[HH].[HH].[HH].[HH].[HH].[HH].[HH].[HH].[HH].[HH].[HH].[HH].[HH].[HH].[HH].[HH].[HH].[HH].[HH].[HH].[HH].[HH].[HH].[HH].[HH].[HH].[HH].[HH].[HH].[HH]. The van der Waals surface area contributed by atoms with E-state index in [1.165, 1.54) is 0 Å². The molecule has 0 amide bonds. The van der Waals surface area contributed by atoms with Crippen molar-refractivity contribution in [3.05, 3.63) is 0 Å². The molecular weight excluding hydrogens is 689 g/mol. The minimum Gasteiger partial charge on any atom is -0.473 e. The predicted molar refractivity (Wildman–Crippen MR) is 286 cm³/mol. The zero-order valence-electron chi connectivity index (χ0n) is 27.5. The zero-order valence-corrected chi connectivity index (χ0v) is 27.5. The van der Waals surface area contributed by atoms with Gasteiger partial charge >= 0.3 is 23.9 Å². The summed E-state index contributed by atoms with van der Waals surface area (Å²) in [6.07, 6.45) is 10.4. The predicted octanol–water partition coefficient (Wildman–Crippen LogP) is 9.16. The van der Waals surface area contributed by atoms with Crippen LogP contribution in [0.1, 0.15) is 69.9 Å². The molecule has 0 unspecified atom stereocenters. The molecule has 1 aliphatic heterocycles. The first-order valence-electron chi connectivity index (χ1n) is 13.5. The molecule has 1 heterocycles. The van der Waals surface area contributed by atoms with Crippen molar-refractivity contribution in [2.24, 2.45) is 0 Å². The highest BCUT2D eigenvalue weighted by Gasteiger charge is 2.19. The third kappa shape index (κ3) is 42.8. The van der Waals surface area contributed by atoms with E-state index in [9.17, 15) is 9.59 Å². The molecule has 0 bridgehead atoms. The van der Waals surface area contributed by atoms with E-state index in [2.05, 4.69) is 242 Å². The fourth-order valence-electron chi connectivity index (χ4n) is 1.63. The largest absolute Gasteiger partial charge is 0.473 e. The summed E-state index contributed by atoms with van der Waals surface area (Å²) >= 11 is 0. The Morgan fingerprint density at radius 2 is 0.473 bits per heavy atom. The van der Waals surface area contributed by atoms with Gasteiger partial charge in [0, 0.05) is 199 Å². The maximum atomic E-state index is 10.0. The van der Waals surface area contributed by atoms with Gasteiger partial charge in [0.15, 0.2) is 0 Å². The van der Waals surface area contributed by atoms with Crippen LogP contribution in [0.15, 0.2) is 0 Å². The lowest BCUT2D eigenvalue weighted by atomic mass is 10.4. The lowest BCUT2D eigenvalue weighted by Crippen LogP contribution is -2.09. The maximum absolute atomic E-state index is 10.0. The molecule has 0 saturated carbocycles. The van der Waals surface area contributed by atoms with Crippen molar-refractivity contribution in [2.75, 3.05) is 0 Å². The minimum absolute atomic E-state index is 0. The quantitative estimate of drug-likeness (QED) is 0.109. The molecule has 1 rings (SSSR count). The molecule has 0 aromatic rings. The summed E-state index contributed by atoms with van der Waals surface area (Å²) in [5, 5.41) is 14.8. The van der Waals surface area contributed by atoms with Crippen LogP contribution >= 0.6 is 0 Å². The highest BCUT2D eigenvalue weighted by molar-refractivity contribution is 6.27. The fraction of sp³-hybridized carbons (Fsp3) is 0.0417. The number of hydrogen-bond acceptors (Lipinski definition) is 5. The van der Waals surface area contributed by atoms with E-state index in [1.54, 1.807) is 0 Å². The highest BCUT2D eigenvalue weighted by Crippen LogP contribution is 2.03. The van der Waals surface area contributed by atoms with E-state index in [4.69, 9.17) is 32.6 Å². The van der Waals surface area contributed by atoms with Gasteiger partial charge in [-0.25, -0.2) is 9.59 Å². The summed E-state index contributed by atoms with van der Waals surface area (Å²) in [7, 11) is 0. The van der Waals surface area contributed by atoms with E-state index in [0.717, 1.165) is 0 Å². The van der Waals surface area contributed by atoms with Crippen molar-refractivity contribution >= 4 is 23.9 Å². The molecule has 55 heavy (non-hydrogen) atoms. The highest BCUT2D eigenvalue weighted by atomic mass is 16.6. The monoisotopic (exact) mass is 777 g/mol. The van der Waals surface area contributed by atoms with E-state index < -0.39 is 23.9 Å². The van der Waals surface area contributed by atoms with Crippen molar-refractivity contribution in [1.82, 2.24) is 0 Å². The van der Waals surface area contributed by atoms with Crippen molar-refractivity contribution in [3.8, 4) is 250 Å². The Morgan fingerprint density at radius 1 is 0.345 bits per heavy atom. The standard InChI is InChI=1S/C42H2.C4H4O3.C2H2O4.40H2/c1-3-5-7-9-11-13-15-17-19-21-23-25-27-29-31-33-35-37-39-41-42-40-38-36-34-32-30-28-26-24-22-20-18-16-14-12-10-8-6-4-2;5-3-1-2-4(6)7-3;3-1(4)2(5)6;;;;;;;;;;;;;;;;;;;;;;;;;;;;;;;;;;;;;;;;/h1-2H;1-2H2;(H,3,4)(H,5,6);40*1H. The second-order valence-electron chi connectivity index (χ2n) is 7.00. The van der Waals surface area contributed by atoms with Crippen LogP contribution in [0.2, 0.25) is 0 Å². The molecule has 0 aliphatic carbocycles. The van der Waals surface area contributed by atoms with Gasteiger partial charge in [-0.1, -0.05) is 0 Å². The van der Waals surface area contributed by atoms with Crippen molar-refractivity contribution in [3.63, 3.8) is 0 Å². The number of carbonyl (C=O) groups excluding carboxylic acids is 2. The molecule has 0 radical (unpaired) electrons. The molecule has 1 fully saturated rings. The van der Waals surface area contributed by atoms with Crippen LogP contribution in [0.25, 0.3) is 0 Å². The van der Waals surface area contributed by atoms with Crippen LogP contribution in [-0.2, 0) is 23.9 Å². The fourth-order valence-corrected chi connectivity index (χ4v) is 1.63. The van der Waals surface area contributed by atoms with Gasteiger partial charge in [0.2, 0.25) is 0 Å².